The molecular weight excluding hydrogens is 623 g/mol. The highest BCUT2D eigenvalue weighted by molar-refractivity contribution is 7.26. The summed E-state index contributed by atoms with van der Waals surface area (Å²) in [5.74, 6) is 0. The molecule has 0 radical (unpaired) electrons. The van der Waals surface area contributed by atoms with E-state index in [-0.39, 0.29) is 5.41 Å². The number of nitrogens with zero attached hydrogens (tertiary/aromatic N) is 1. The van der Waals surface area contributed by atoms with Gasteiger partial charge in [0.15, 0.2) is 0 Å². The van der Waals surface area contributed by atoms with Crippen LogP contribution < -0.4 is 4.90 Å². The second kappa shape index (κ2) is 11.3. The van der Waals surface area contributed by atoms with Gasteiger partial charge in [0.1, 0.15) is 0 Å². The Labute approximate surface area is 296 Å². The van der Waals surface area contributed by atoms with Crippen LogP contribution in [0.1, 0.15) is 23.6 Å². The number of fused-ring (bicyclic) bond motifs is 7. The summed E-state index contributed by atoms with van der Waals surface area (Å²) < 4.78 is 2.60. The molecule has 0 bridgehead atoms. The molecule has 1 aliphatic carbocycles. The van der Waals surface area contributed by atoms with Gasteiger partial charge in [-0.2, -0.15) is 0 Å². The third-order valence-corrected chi connectivity index (χ3v) is 11.8. The molecule has 236 valence electrons. The maximum Gasteiger partial charge on any atom is 0.0557 e. The van der Waals surface area contributed by atoms with Gasteiger partial charge in [0.05, 0.1) is 5.69 Å². The Bertz CT molecular complexity index is 2670. The normalized spacial score (nSPS) is 13.1. The van der Waals surface area contributed by atoms with Crippen molar-refractivity contribution >= 4 is 59.3 Å². The first-order chi connectivity index (χ1) is 24.7. The van der Waals surface area contributed by atoms with Crippen LogP contribution in [0.15, 0.2) is 182 Å². The quantitative estimate of drug-likeness (QED) is 0.178. The van der Waals surface area contributed by atoms with Crippen LogP contribution in [0, 0.1) is 0 Å². The van der Waals surface area contributed by atoms with Crippen molar-refractivity contribution in [2.45, 2.75) is 12.3 Å². The zero-order valence-corrected chi connectivity index (χ0v) is 28.5. The molecular formula is C48H33NS. The Hall–Kier alpha value is -5.96. The molecule has 9 aromatic rings. The first kappa shape index (κ1) is 29.0. The van der Waals surface area contributed by atoms with Gasteiger partial charge in [0.25, 0.3) is 0 Å². The second-order valence-electron chi connectivity index (χ2n) is 13.5. The molecule has 0 N–H and O–H groups in total. The minimum atomic E-state index is -0.321. The number of rotatable bonds is 5. The van der Waals surface area contributed by atoms with Crippen molar-refractivity contribution in [2.24, 2.45) is 0 Å². The monoisotopic (exact) mass is 655 g/mol. The van der Waals surface area contributed by atoms with Gasteiger partial charge in [-0.05, 0) is 99.1 Å². The molecule has 50 heavy (non-hydrogen) atoms. The van der Waals surface area contributed by atoms with Crippen LogP contribution in [0.4, 0.5) is 17.1 Å². The smallest absolute Gasteiger partial charge is 0.0557 e. The highest BCUT2D eigenvalue weighted by atomic mass is 32.1. The first-order valence-electron chi connectivity index (χ1n) is 17.3. The van der Waals surface area contributed by atoms with Crippen molar-refractivity contribution in [3.63, 3.8) is 0 Å². The number of hydrogen-bond donors (Lipinski definition) is 0. The van der Waals surface area contributed by atoms with E-state index in [0.717, 1.165) is 11.4 Å². The largest absolute Gasteiger partial charge is 0.310 e. The van der Waals surface area contributed by atoms with E-state index in [0.29, 0.717) is 0 Å². The van der Waals surface area contributed by atoms with Gasteiger partial charge in [0.2, 0.25) is 0 Å². The lowest BCUT2D eigenvalue weighted by molar-refractivity contribution is 0.715. The summed E-state index contributed by atoms with van der Waals surface area (Å²) in [5, 5.41) is 5.04. The first-order valence-corrected chi connectivity index (χ1v) is 18.1. The minimum Gasteiger partial charge on any atom is -0.310 e. The lowest BCUT2D eigenvalue weighted by atomic mass is 9.74. The fraction of sp³-hybridized carbons (Fsp3) is 0.0417. The molecule has 0 saturated heterocycles. The van der Waals surface area contributed by atoms with E-state index in [1.165, 1.54) is 75.6 Å². The molecule has 1 aliphatic rings. The van der Waals surface area contributed by atoms with E-state index >= 15 is 0 Å². The van der Waals surface area contributed by atoms with Gasteiger partial charge in [0, 0.05) is 37.0 Å². The van der Waals surface area contributed by atoms with E-state index in [9.17, 15) is 0 Å². The summed E-state index contributed by atoms with van der Waals surface area (Å²) in [6.45, 7) is 2.42. The zero-order chi connectivity index (χ0) is 33.2. The number of anilines is 3. The number of thiophene rings is 1. The standard InChI is InChI=1S/C48H33NS/c1-48(42-20-10-7-17-39(42)40-18-8-11-21-43(40)48)36-30-44(47-41-19-9-12-22-45(41)50-46(47)31-36)49(38-28-25-33-15-5-6-16-35(33)29-38)37-26-23-34(24-27-37)32-13-3-2-4-14-32/h2-31H,1H3. The Morgan fingerprint density at radius 1 is 0.460 bits per heavy atom. The minimum absolute atomic E-state index is 0.321. The highest BCUT2D eigenvalue weighted by Gasteiger charge is 2.41. The van der Waals surface area contributed by atoms with Gasteiger partial charge in [-0.25, -0.2) is 0 Å². The molecule has 0 fully saturated rings. The van der Waals surface area contributed by atoms with Crippen LogP contribution in [-0.4, -0.2) is 0 Å². The van der Waals surface area contributed by atoms with Gasteiger partial charge < -0.3 is 4.90 Å². The Morgan fingerprint density at radius 2 is 1.06 bits per heavy atom. The molecule has 1 aromatic heterocycles. The van der Waals surface area contributed by atoms with Crippen molar-refractivity contribution in [1.29, 1.82) is 0 Å². The third-order valence-electron chi connectivity index (χ3n) is 10.7. The van der Waals surface area contributed by atoms with Crippen LogP contribution in [0.3, 0.4) is 0 Å². The maximum absolute atomic E-state index is 2.49. The molecule has 8 aromatic carbocycles. The van der Waals surface area contributed by atoms with Crippen LogP contribution in [0.5, 0.6) is 0 Å². The molecule has 0 unspecified atom stereocenters. The second-order valence-corrected chi connectivity index (χ2v) is 14.5. The van der Waals surface area contributed by atoms with E-state index < -0.39 is 0 Å². The third kappa shape index (κ3) is 4.39. The van der Waals surface area contributed by atoms with Crippen LogP contribution in [-0.2, 0) is 5.41 Å². The Kier molecular flexibility index (Phi) is 6.55. The predicted octanol–water partition coefficient (Wildman–Crippen LogP) is 13.7. The average Bonchev–Trinajstić information content (AvgIpc) is 3.69. The lowest BCUT2D eigenvalue weighted by Gasteiger charge is -2.32. The summed E-state index contributed by atoms with van der Waals surface area (Å²) in [7, 11) is 0. The molecule has 1 nitrogen and oxygen atoms in total. The van der Waals surface area contributed by atoms with Crippen LogP contribution in [0.2, 0.25) is 0 Å². The summed E-state index contributed by atoms with van der Waals surface area (Å²) in [5.41, 5.74) is 12.2. The fourth-order valence-corrected chi connectivity index (χ4v) is 9.40. The van der Waals surface area contributed by atoms with E-state index in [1.807, 2.05) is 11.3 Å². The van der Waals surface area contributed by atoms with E-state index in [2.05, 4.69) is 194 Å². The summed E-state index contributed by atoms with van der Waals surface area (Å²) >= 11 is 1.89. The molecule has 0 aliphatic heterocycles. The summed E-state index contributed by atoms with van der Waals surface area (Å²) in [4.78, 5) is 2.49. The van der Waals surface area contributed by atoms with Gasteiger partial charge in [-0.3, -0.25) is 0 Å². The summed E-state index contributed by atoms with van der Waals surface area (Å²) in [6, 6.07) is 67.1. The predicted molar refractivity (Wildman–Crippen MR) is 214 cm³/mol. The lowest BCUT2D eigenvalue weighted by Crippen LogP contribution is -2.23. The Morgan fingerprint density at radius 3 is 1.82 bits per heavy atom. The van der Waals surface area contributed by atoms with Crippen LogP contribution in [0.25, 0.3) is 53.2 Å². The van der Waals surface area contributed by atoms with Crippen molar-refractivity contribution < 1.29 is 0 Å². The maximum atomic E-state index is 2.49. The summed E-state index contributed by atoms with van der Waals surface area (Å²) in [6.07, 6.45) is 0. The van der Waals surface area contributed by atoms with Crippen molar-refractivity contribution in [2.75, 3.05) is 4.90 Å². The molecule has 1 heterocycles. The molecule has 0 atom stereocenters. The topological polar surface area (TPSA) is 3.24 Å². The number of hydrogen-bond acceptors (Lipinski definition) is 2. The van der Waals surface area contributed by atoms with Gasteiger partial charge >= 0.3 is 0 Å². The van der Waals surface area contributed by atoms with Crippen molar-refractivity contribution in [3.05, 3.63) is 199 Å². The van der Waals surface area contributed by atoms with Gasteiger partial charge in [-0.1, -0.05) is 140 Å². The SMILES string of the molecule is CC1(c2cc(N(c3ccc(-c4ccccc4)cc3)c3ccc4ccccc4c3)c3c(c2)sc2ccccc23)c2ccccc2-c2ccccc21. The van der Waals surface area contributed by atoms with Crippen molar-refractivity contribution in [3.8, 4) is 22.3 Å². The molecule has 0 amide bonds. The average molecular weight is 656 g/mol. The van der Waals surface area contributed by atoms with Crippen molar-refractivity contribution in [1.82, 2.24) is 0 Å². The Balaban J connectivity index is 1.28. The van der Waals surface area contributed by atoms with Crippen LogP contribution >= 0.6 is 11.3 Å². The molecule has 0 spiro atoms. The molecule has 10 rings (SSSR count). The molecule has 2 heteroatoms. The molecule has 0 saturated carbocycles. The fourth-order valence-electron chi connectivity index (χ4n) is 8.24. The zero-order valence-electron chi connectivity index (χ0n) is 27.7. The van der Waals surface area contributed by atoms with Gasteiger partial charge in [-0.15, -0.1) is 11.3 Å². The number of benzene rings is 8. The van der Waals surface area contributed by atoms with E-state index in [1.54, 1.807) is 0 Å². The highest BCUT2D eigenvalue weighted by Crippen LogP contribution is 2.55. The van der Waals surface area contributed by atoms with E-state index in [4.69, 9.17) is 0 Å².